The second kappa shape index (κ2) is 8.92. The van der Waals surface area contributed by atoms with Gasteiger partial charge in [0.05, 0.1) is 0 Å². The highest BCUT2D eigenvalue weighted by atomic mass is 35.5. The Morgan fingerprint density at radius 1 is 1.10 bits per heavy atom. The molecule has 4 rings (SSSR count). The fourth-order valence-corrected chi connectivity index (χ4v) is 4.73. The van der Waals surface area contributed by atoms with Crippen molar-refractivity contribution in [3.05, 3.63) is 29.8 Å². The third kappa shape index (κ3) is 4.53. The number of carbonyl (C=O) groups excluding carboxylic acids is 2. The molecule has 1 N–H and O–H groups in total. The van der Waals surface area contributed by atoms with E-state index in [9.17, 15) is 9.59 Å². The van der Waals surface area contributed by atoms with Gasteiger partial charge in [-0.1, -0.05) is 18.2 Å². The number of carbonyl (C=O) groups is 2. The zero-order chi connectivity index (χ0) is 19.7. The number of nitrogens with zero attached hydrogens (tertiary/aromatic N) is 2. The maximum absolute atomic E-state index is 12.9. The fraction of sp³-hybridized carbons (Fsp3) is 0.636. The summed E-state index contributed by atoms with van der Waals surface area (Å²) in [6.45, 7) is 8.29. The molecule has 29 heavy (non-hydrogen) atoms. The van der Waals surface area contributed by atoms with Crippen LogP contribution in [0, 0.1) is 18.3 Å². The molecular formula is C22H32ClN3O3. The van der Waals surface area contributed by atoms with Crippen LogP contribution in [0.25, 0.3) is 0 Å². The number of rotatable bonds is 4. The van der Waals surface area contributed by atoms with Crippen molar-refractivity contribution in [3.63, 3.8) is 0 Å². The molecule has 1 aromatic carbocycles. The molecule has 2 unspecified atom stereocenters. The molecule has 6 nitrogen and oxygen atoms in total. The topological polar surface area (TPSA) is 61.9 Å². The monoisotopic (exact) mass is 421 g/mol. The molecule has 0 aromatic heterocycles. The summed E-state index contributed by atoms with van der Waals surface area (Å²) < 4.78 is 5.88. The molecule has 0 radical (unpaired) electrons. The first-order valence-electron chi connectivity index (χ1n) is 10.5. The van der Waals surface area contributed by atoms with Gasteiger partial charge in [0, 0.05) is 32.1 Å². The molecule has 3 fully saturated rings. The number of aryl methyl sites for hydroxylation is 1. The number of hydrogen-bond donors (Lipinski definition) is 1. The second-order valence-electron chi connectivity index (χ2n) is 8.55. The summed E-state index contributed by atoms with van der Waals surface area (Å²) in [5.41, 5.74) is 1.29. The van der Waals surface area contributed by atoms with Gasteiger partial charge in [0.15, 0.2) is 6.10 Å². The van der Waals surface area contributed by atoms with Crippen molar-refractivity contribution < 1.29 is 14.3 Å². The van der Waals surface area contributed by atoms with Crippen molar-refractivity contribution in [2.24, 2.45) is 11.3 Å². The van der Waals surface area contributed by atoms with Gasteiger partial charge in [0.1, 0.15) is 5.75 Å². The molecular weight excluding hydrogens is 390 g/mol. The minimum atomic E-state index is -0.523. The van der Waals surface area contributed by atoms with Gasteiger partial charge in [-0.3, -0.25) is 9.59 Å². The van der Waals surface area contributed by atoms with Gasteiger partial charge in [0.25, 0.3) is 5.91 Å². The number of ether oxygens (including phenoxy) is 1. The van der Waals surface area contributed by atoms with Crippen LogP contribution in [0.4, 0.5) is 0 Å². The van der Waals surface area contributed by atoms with E-state index in [-0.39, 0.29) is 29.6 Å². The van der Waals surface area contributed by atoms with Crippen molar-refractivity contribution in [3.8, 4) is 5.75 Å². The van der Waals surface area contributed by atoms with E-state index in [4.69, 9.17) is 4.74 Å². The highest BCUT2D eigenvalue weighted by molar-refractivity contribution is 5.85. The van der Waals surface area contributed by atoms with Gasteiger partial charge in [-0.25, -0.2) is 0 Å². The number of benzene rings is 1. The quantitative estimate of drug-likeness (QED) is 0.809. The Morgan fingerprint density at radius 3 is 2.38 bits per heavy atom. The first-order chi connectivity index (χ1) is 13.5. The van der Waals surface area contributed by atoms with Crippen LogP contribution in [0.1, 0.15) is 31.7 Å². The second-order valence-corrected chi connectivity index (χ2v) is 8.55. The standard InChI is InChI=1S/C22H31N3O3.ClH/c1-16-5-3-4-6-19(16)28-17(2)20(26)24-11-13-25(14-12-24)21(27)18-15-22(18)7-9-23-10-8-22;/h3-6,17-18,23H,7-15H2,1-2H3;1H. The lowest BCUT2D eigenvalue weighted by molar-refractivity contribution is -0.144. The van der Waals surface area contributed by atoms with E-state index >= 15 is 0 Å². The normalized spacial score (nSPS) is 23.9. The Kier molecular flexibility index (Phi) is 6.74. The van der Waals surface area contributed by atoms with E-state index in [1.165, 1.54) is 0 Å². The van der Waals surface area contributed by atoms with E-state index < -0.39 is 6.10 Å². The fourth-order valence-electron chi connectivity index (χ4n) is 4.73. The van der Waals surface area contributed by atoms with Crippen LogP contribution < -0.4 is 10.1 Å². The van der Waals surface area contributed by atoms with Crippen LogP contribution in [0.5, 0.6) is 5.75 Å². The first-order valence-corrected chi connectivity index (χ1v) is 10.5. The summed E-state index contributed by atoms with van der Waals surface area (Å²) in [5, 5.41) is 3.39. The lowest BCUT2D eigenvalue weighted by atomic mass is 9.91. The highest BCUT2D eigenvalue weighted by Gasteiger charge is 2.58. The molecule has 2 heterocycles. The smallest absolute Gasteiger partial charge is 0.263 e. The van der Waals surface area contributed by atoms with Crippen LogP contribution >= 0.6 is 12.4 Å². The molecule has 3 aliphatic rings. The van der Waals surface area contributed by atoms with Gasteiger partial charge in [-0.2, -0.15) is 0 Å². The van der Waals surface area contributed by atoms with Gasteiger partial charge in [-0.05, 0) is 63.2 Å². The molecule has 0 bridgehead atoms. The lowest BCUT2D eigenvalue weighted by Crippen LogP contribution is -2.53. The number of halogens is 1. The molecule has 1 spiro atoms. The number of amides is 2. The summed E-state index contributed by atoms with van der Waals surface area (Å²) >= 11 is 0. The SMILES string of the molecule is Cc1ccccc1OC(C)C(=O)N1CCN(C(=O)C2CC23CCNCC3)CC1.Cl. The Hall–Kier alpha value is -1.79. The average molecular weight is 422 g/mol. The molecule has 2 atom stereocenters. The van der Waals surface area contributed by atoms with Gasteiger partial charge in [0.2, 0.25) is 5.91 Å². The Morgan fingerprint density at radius 2 is 1.72 bits per heavy atom. The lowest BCUT2D eigenvalue weighted by Gasteiger charge is -2.36. The summed E-state index contributed by atoms with van der Waals surface area (Å²) in [5.74, 6) is 1.26. The van der Waals surface area contributed by atoms with Crippen LogP contribution in [0.2, 0.25) is 0 Å². The van der Waals surface area contributed by atoms with Gasteiger partial charge < -0.3 is 19.9 Å². The predicted octanol–water partition coefficient (Wildman–Crippen LogP) is 2.24. The molecule has 1 aromatic rings. The number of piperazine rings is 1. The highest BCUT2D eigenvalue weighted by Crippen LogP contribution is 2.59. The summed E-state index contributed by atoms with van der Waals surface area (Å²) in [7, 11) is 0. The first kappa shape index (κ1) is 21.9. The maximum Gasteiger partial charge on any atom is 0.263 e. The molecule has 2 saturated heterocycles. The molecule has 2 aliphatic heterocycles. The van der Waals surface area contributed by atoms with E-state index in [2.05, 4.69) is 5.32 Å². The Balaban J connectivity index is 0.00000240. The van der Waals surface area contributed by atoms with Crippen molar-refractivity contribution >= 4 is 24.2 Å². The van der Waals surface area contributed by atoms with E-state index in [0.29, 0.717) is 32.1 Å². The van der Waals surface area contributed by atoms with Crippen molar-refractivity contribution in [1.29, 1.82) is 0 Å². The minimum Gasteiger partial charge on any atom is -0.481 e. The third-order valence-corrected chi connectivity index (χ3v) is 6.74. The van der Waals surface area contributed by atoms with Crippen molar-refractivity contribution in [2.75, 3.05) is 39.3 Å². The number of para-hydroxylation sites is 1. The van der Waals surface area contributed by atoms with Crippen molar-refractivity contribution in [2.45, 2.75) is 39.2 Å². The predicted molar refractivity (Wildman–Crippen MR) is 114 cm³/mol. The maximum atomic E-state index is 12.9. The summed E-state index contributed by atoms with van der Waals surface area (Å²) in [4.78, 5) is 29.5. The summed E-state index contributed by atoms with van der Waals surface area (Å²) in [6, 6.07) is 7.74. The largest absolute Gasteiger partial charge is 0.481 e. The molecule has 1 saturated carbocycles. The average Bonchev–Trinajstić information content (AvgIpc) is 3.41. The van der Waals surface area contributed by atoms with Gasteiger partial charge >= 0.3 is 0 Å². The van der Waals surface area contributed by atoms with E-state index in [0.717, 1.165) is 43.7 Å². The zero-order valence-corrected chi connectivity index (χ0v) is 18.2. The third-order valence-electron chi connectivity index (χ3n) is 6.74. The van der Waals surface area contributed by atoms with E-state index in [1.807, 2.05) is 41.0 Å². The molecule has 160 valence electrons. The van der Waals surface area contributed by atoms with Crippen LogP contribution in [0.15, 0.2) is 24.3 Å². The summed E-state index contributed by atoms with van der Waals surface area (Å²) in [6.07, 6.45) is 2.77. The number of nitrogens with one attached hydrogen (secondary N) is 1. The van der Waals surface area contributed by atoms with Crippen LogP contribution in [-0.2, 0) is 9.59 Å². The molecule has 7 heteroatoms. The number of hydrogen-bond acceptors (Lipinski definition) is 4. The molecule has 1 aliphatic carbocycles. The van der Waals surface area contributed by atoms with Crippen LogP contribution in [-0.4, -0.2) is 67.0 Å². The van der Waals surface area contributed by atoms with Crippen molar-refractivity contribution in [1.82, 2.24) is 15.1 Å². The zero-order valence-electron chi connectivity index (χ0n) is 17.4. The minimum absolute atomic E-state index is 0. The van der Waals surface area contributed by atoms with Crippen LogP contribution in [0.3, 0.4) is 0 Å². The Labute approximate surface area is 179 Å². The van der Waals surface area contributed by atoms with E-state index in [1.54, 1.807) is 6.92 Å². The van der Waals surface area contributed by atoms with Gasteiger partial charge in [-0.15, -0.1) is 12.4 Å². The Bertz CT molecular complexity index is 743. The molecule has 2 amide bonds. The number of piperidine rings is 1.